The van der Waals surface area contributed by atoms with Gasteiger partial charge in [-0.25, -0.2) is 12.7 Å². The zero-order valence-electron chi connectivity index (χ0n) is 21.3. The third kappa shape index (κ3) is 6.95. The zero-order valence-corrected chi connectivity index (χ0v) is 22.1. The molecule has 13 heteroatoms. The molecule has 0 saturated carbocycles. The minimum Gasteiger partial charge on any atom is -0.406 e. The smallest absolute Gasteiger partial charge is 0.406 e. The number of carbonyl (C=O) groups is 2. The number of amides is 2. The monoisotopic (exact) mass is 566 g/mol. The van der Waals surface area contributed by atoms with E-state index in [1.165, 1.54) is 16.4 Å². The van der Waals surface area contributed by atoms with Gasteiger partial charge in [0.1, 0.15) is 17.1 Å². The van der Waals surface area contributed by atoms with Gasteiger partial charge in [-0.3, -0.25) is 14.6 Å². The van der Waals surface area contributed by atoms with Crippen molar-refractivity contribution in [2.24, 2.45) is 10.7 Å². The van der Waals surface area contributed by atoms with Gasteiger partial charge in [0.2, 0.25) is 15.9 Å². The first-order valence-corrected chi connectivity index (χ1v) is 14.0. The Hall–Kier alpha value is -3.45. The summed E-state index contributed by atoms with van der Waals surface area (Å²) in [6.07, 6.45) is -3.49. The van der Waals surface area contributed by atoms with Crippen molar-refractivity contribution in [3.05, 3.63) is 64.7 Å². The van der Waals surface area contributed by atoms with Crippen LogP contribution in [-0.4, -0.2) is 61.1 Å². The fraction of sp³-hybridized carbons (Fsp3) is 0.423. The standard InChI is InChI=1S/C26H29F3N4O5S/c1-17-15-18(6-8-22(30)34)5-7-19(17)9-14-39(36,37)33-12-10-25(11-13-33)24(35)31-23(32-25)20-3-2-4-21(16-20)38-26(27,28)29/h2-5,7,15-16H,6,8-14H2,1H3,(H2,30,34)(H,31,32,35). The lowest BCUT2D eigenvalue weighted by Crippen LogP contribution is -2.50. The molecular formula is C26H29F3N4O5S. The summed E-state index contributed by atoms with van der Waals surface area (Å²) in [5, 5.41) is 2.63. The van der Waals surface area contributed by atoms with Gasteiger partial charge in [-0.1, -0.05) is 30.3 Å². The van der Waals surface area contributed by atoms with Gasteiger partial charge >= 0.3 is 6.36 Å². The van der Waals surface area contributed by atoms with Crippen molar-refractivity contribution < 1.29 is 35.9 Å². The first-order chi connectivity index (χ1) is 18.3. The highest BCUT2D eigenvalue weighted by atomic mass is 32.2. The first kappa shape index (κ1) is 28.6. The molecule has 0 radical (unpaired) electrons. The van der Waals surface area contributed by atoms with Crippen LogP contribution in [0.3, 0.4) is 0 Å². The molecule has 0 atom stereocenters. The molecule has 0 bridgehead atoms. The van der Waals surface area contributed by atoms with Gasteiger partial charge in [0.25, 0.3) is 5.91 Å². The minimum atomic E-state index is -4.85. The number of nitrogens with zero attached hydrogens (tertiary/aromatic N) is 2. The number of nitrogens with two attached hydrogens (primary N) is 1. The van der Waals surface area contributed by atoms with Crippen LogP contribution in [-0.2, 0) is 32.5 Å². The molecule has 2 heterocycles. The lowest BCUT2D eigenvalue weighted by Gasteiger charge is -2.34. The molecule has 0 aliphatic carbocycles. The van der Waals surface area contributed by atoms with Crippen LogP contribution in [0.5, 0.6) is 5.75 Å². The molecule has 2 aromatic rings. The molecule has 4 rings (SSSR count). The predicted molar refractivity (Wildman–Crippen MR) is 138 cm³/mol. The van der Waals surface area contributed by atoms with Crippen LogP contribution in [0.4, 0.5) is 13.2 Å². The summed E-state index contributed by atoms with van der Waals surface area (Å²) in [6, 6.07) is 10.8. The van der Waals surface area contributed by atoms with Gasteiger partial charge in [-0.05, 0) is 61.4 Å². The quantitative estimate of drug-likeness (QED) is 0.482. The van der Waals surface area contributed by atoms with Crippen LogP contribution >= 0.6 is 0 Å². The number of ether oxygens (including phenoxy) is 1. The molecule has 3 N–H and O–H groups in total. The molecule has 2 amide bonds. The van der Waals surface area contributed by atoms with Crippen molar-refractivity contribution in [2.75, 3.05) is 18.8 Å². The normalized spacial score (nSPS) is 17.6. The maximum Gasteiger partial charge on any atom is 0.573 e. The predicted octanol–water partition coefficient (Wildman–Crippen LogP) is 2.60. The van der Waals surface area contributed by atoms with E-state index in [0.717, 1.165) is 28.8 Å². The van der Waals surface area contributed by atoms with E-state index >= 15 is 0 Å². The Labute approximate surface area is 224 Å². The second-order valence-electron chi connectivity index (χ2n) is 9.71. The number of hydrogen-bond donors (Lipinski definition) is 2. The van der Waals surface area contributed by atoms with E-state index in [4.69, 9.17) is 5.73 Å². The average Bonchev–Trinajstić information content (AvgIpc) is 3.17. The number of piperidine rings is 1. The van der Waals surface area contributed by atoms with Gasteiger partial charge < -0.3 is 15.8 Å². The lowest BCUT2D eigenvalue weighted by atomic mass is 9.89. The highest BCUT2D eigenvalue weighted by molar-refractivity contribution is 7.89. The highest BCUT2D eigenvalue weighted by Gasteiger charge is 2.47. The van der Waals surface area contributed by atoms with Gasteiger partial charge in [-0.2, -0.15) is 0 Å². The van der Waals surface area contributed by atoms with Crippen molar-refractivity contribution in [3.8, 4) is 5.75 Å². The summed E-state index contributed by atoms with van der Waals surface area (Å²) in [6.45, 7) is 2.07. The molecule has 2 aliphatic heterocycles. The lowest BCUT2D eigenvalue weighted by molar-refractivity contribution is -0.274. The number of hydrogen-bond acceptors (Lipinski definition) is 6. The van der Waals surface area contributed by atoms with E-state index in [1.54, 1.807) is 0 Å². The Balaban J connectivity index is 1.38. The molecular weight excluding hydrogens is 537 g/mol. The number of nitrogens with one attached hydrogen (secondary N) is 1. The molecule has 1 spiro atoms. The number of halogens is 3. The second kappa shape index (κ2) is 11.0. The third-order valence-electron chi connectivity index (χ3n) is 6.96. The number of sulfonamides is 1. The van der Waals surface area contributed by atoms with Gasteiger partial charge in [0.05, 0.1) is 5.75 Å². The van der Waals surface area contributed by atoms with Gasteiger partial charge in [-0.15, -0.1) is 13.2 Å². The first-order valence-electron chi connectivity index (χ1n) is 12.4. The van der Waals surface area contributed by atoms with Crippen LogP contribution in [0.2, 0.25) is 0 Å². The van der Waals surface area contributed by atoms with E-state index in [9.17, 15) is 31.2 Å². The van der Waals surface area contributed by atoms with Gasteiger partial charge in [0.15, 0.2) is 0 Å². The summed E-state index contributed by atoms with van der Waals surface area (Å²) < 4.78 is 69.2. The van der Waals surface area contributed by atoms with E-state index in [1.807, 2.05) is 25.1 Å². The summed E-state index contributed by atoms with van der Waals surface area (Å²) in [5.41, 5.74) is 7.04. The van der Waals surface area contributed by atoms with Crippen molar-refractivity contribution >= 4 is 27.7 Å². The number of alkyl halides is 3. The zero-order chi connectivity index (χ0) is 28.4. The number of carbonyl (C=O) groups excluding carboxylic acids is 2. The van der Waals surface area contributed by atoms with Crippen LogP contribution < -0.4 is 15.8 Å². The number of benzene rings is 2. The SMILES string of the molecule is Cc1cc(CCC(N)=O)ccc1CCS(=O)(=O)N1CCC2(CC1)N=C(c1cccc(OC(F)(F)F)c1)NC2=O. The van der Waals surface area contributed by atoms with Crippen molar-refractivity contribution in [3.63, 3.8) is 0 Å². The number of primary amides is 1. The number of rotatable bonds is 9. The van der Waals surface area contributed by atoms with Crippen LogP contribution in [0.1, 0.15) is 41.5 Å². The second-order valence-corrected chi connectivity index (χ2v) is 11.8. The number of amidine groups is 1. The van der Waals surface area contributed by atoms with E-state index < -0.39 is 33.6 Å². The molecule has 0 aromatic heterocycles. The molecule has 9 nitrogen and oxygen atoms in total. The molecule has 39 heavy (non-hydrogen) atoms. The Morgan fingerprint density at radius 2 is 1.87 bits per heavy atom. The van der Waals surface area contributed by atoms with Gasteiger partial charge in [0, 0.05) is 25.1 Å². The minimum absolute atomic E-state index is 0.0921. The topological polar surface area (TPSA) is 131 Å². The Morgan fingerprint density at radius 1 is 1.15 bits per heavy atom. The van der Waals surface area contributed by atoms with Crippen LogP contribution in [0.15, 0.2) is 47.5 Å². The Kier molecular flexibility index (Phi) is 8.03. The molecule has 1 fully saturated rings. The van der Waals surface area contributed by atoms with E-state index in [2.05, 4.69) is 15.0 Å². The summed E-state index contributed by atoms with van der Waals surface area (Å²) in [7, 11) is -3.61. The fourth-order valence-corrected chi connectivity index (χ4v) is 6.27. The van der Waals surface area contributed by atoms with Crippen LogP contribution in [0.25, 0.3) is 0 Å². The number of aliphatic imine (C=N–C) groups is 1. The fourth-order valence-electron chi connectivity index (χ4n) is 4.80. The molecule has 0 unspecified atom stereocenters. The van der Waals surface area contributed by atoms with Crippen molar-refractivity contribution in [1.82, 2.24) is 9.62 Å². The highest BCUT2D eigenvalue weighted by Crippen LogP contribution is 2.33. The Morgan fingerprint density at radius 3 is 2.51 bits per heavy atom. The summed E-state index contributed by atoms with van der Waals surface area (Å²) in [5.74, 6) is -1.21. The Bertz CT molecular complexity index is 1400. The summed E-state index contributed by atoms with van der Waals surface area (Å²) >= 11 is 0. The molecule has 1 saturated heterocycles. The van der Waals surface area contributed by atoms with Crippen LogP contribution in [0, 0.1) is 6.92 Å². The van der Waals surface area contributed by atoms with E-state index in [-0.39, 0.29) is 55.4 Å². The van der Waals surface area contributed by atoms with Crippen molar-refractivity contribution in [2.45, 2.75) is 50.9 Å². The third-order valence-corrected chi connectivity index (χ3v) is 8.83. The van der Waals surface area contributed by atoms with Crippen molar-refractivity contribution in [1.29, 1.82) is 0 Å². The number of aryl methyl sites for hydroxylation is 3. The average molecular weight is 567 g/mol. The largest absolute Gasteiger partial charge is 0.573 e. The molecule has 2 aliphatic rings. The maximum absolute atomic E-state index is 13.1. The molecule has 210 valence electrons. The summed E-state index contributed by atoms with van der Waals surface area (Å²) in [4.78, 5) is 28.3. The molecule has 2 aromatic carbocycles. The maximum atomic E-state index is 13.1. The van der Waals surface area contributed by atoms with E-state index in [0.29, 0.717) is 12.8 Å².